The minimum absolute atomic E-state index is 0.140. The number of carbonyl (C=O) groups excluding carboxylic acids is 1. The van der Waals surface area contributed by atoms with Gasteiger partial charge in [0.05, 0.1) is 18.5 Å². The van der Waals surface area contributed by atoms with E-state index in [0.29, 0.717) is 16.7 Å². The molecule has 0 radical (unpaired) electrons. The molecule has 5 rings (SSSR count). The van der Waals surface area contributed by atoms with Crippen molar-refractivity contribution in [1.29, 1.82) is 0 Å². The van der Waals surface area contributed by atoms with Gasteiger partial charge in [-0.05, 0) is 42.5 Å². The van der Waals surface area contributed by atoms with E-state index >= 15 is 0 Å². The van der Waals surface area contributed by atoms with Gasteiger partial charge in [0.1, 0.15) is 0 Å². The number of nitrogens with one attached hydrogen (secondary N) is 3. The van der Waals surface area contributed by atoms with Gasteiger partial charge in [-0.1, -0.05) is 59.8 Å². The molecule has 36 heavy (non-hydrogen) atoms. The summed E-state index contributed by atoms with van der Waals surface area (Å²) >= 11 is 7.28. The van der Waals surface area contributed by atoms with Crippen molar-refractivity contribution in [3.8, 4) is 5.69 Å². The van der Waals surface area contributed by atoms with E-state index in [2.05, 4.69) is 31.0 Å². The van der Waals surface area contributed by atoms with Gasteiger partial charge in [-0.25, -0.2) is 5.43 Å². The first-order valence-corrected chi connectivity index (χ1v) is 12.5. The highest BCUT2D eigenvalue weighted by molar-refractivity contribution is 7.99. The van der Waals surface area contributed by atoms with Crippen molar-refractivity contribution in [3.63, 3.8) is 0 Å². The summed E-state index contributed by atoms with van der Waals surface area (Å²) in [5.74, 6) is 0.622. The van der Waals surface area contributed by atoms with E-state index in [0.717, 1.165) is 33.7 Å². The van der Waals surface area contributed by atoms with Crippen molar-refractivity contribution >= 4 is 52.1 Å². The van der Waals surface area contributed by atoms with Crippen molar-refractivity contribution in [2.75, 3.05) is 11.1 Å². The number of benzene rings is 3. The number of hydrogen-bond acceptors (Lipinski definition) is 6. The predicted octanol–water partition coefficient (Wildman–Crippen LogP) is 5.26. The summed E-state index contributed by atoms with van der Waals surface area (Å²) in [5, 5.41) is 18.5. The summed E-state index contributed by atoms with van der Waals surface area (Å²) in [6.45, 7) is 0.450. The van der Waals surface area contributed by atoms with Crippen LogP contribution in [0.3, 0.4) is 0 Å². The second kappa shape index (κ2) is 11.1. The molecule has 5 aromatic rings. The fourth-order valence-electron chi connectivity index (χ4n) is 3.63. The quantitative estimate of drug-likeness (QED) is 0.141. The van der Waals surface area contributed by atoms with Gasteiger partial charge >= 0.3 is 0 Å². The van der Waals surface area contributed by atoms with Crippen LogP contribution in [0, 0.1) is 0 Å². The molecule has 3 aromatic carbocycles. The number of anilines is 1. The number of para-hydroxylation sites is 2. The Bertz CT molecular complexity index is 1500. The highest BCUT2D eigenvalue weighted by atomic mass is 35.5. The van der Waals surface area contributed by atoms with Crippen molar-refractivity contribution in [2.45, 2.75) is 11.7 Å². The molecule has 0 unspecified atom stereocenters. The largest absolute Gasteiger partial charge is 0.378 e. The molecule has 1 amide bonds. The molecule has 180 valence electrons. The number of fused-ring (bicyclic) bond motifs is 1. The number of rotatable bonds is 9. The van der Waals surface area contributed by atoms with Crippen LogP contribution in [0.25, 0.3) is 16.6 Å². The van der Waals surface area contributed by atoms with Gasteiger partial charge in [-0.2, -0.15) is 5.10 Å². The molecule has 0 spiro atoms. The van der Waals surface area contributed by atoms with Crippen LogP contribution in [-0.4, -0.2) is 37.6 Å². The predicted molar refractivity (Wildman–Crippen MR) is 145 cm³/mol. The van der Waals surface area contributed by atoms with E-state index in [9.17, 15) is 4.79 Å². The monoisotopic (exact) mass is 515 g/mol. The Morgan fingerprint density at radius 1 is 1.03 bits per heavy atom. The molecule has 0 saturated heterocycles. The average molecular weight is 516 g/mol. The third-order valence-corrected chi connectivity index (χ3v) is 6.54. The standard InChI is InChI=1S/C26H22ClN7OS/c27-19-10-12-20(13-11-19)28-16-24-31-33-26(34(24)21-6-2-1-3-7-21)36-17-25(35)32-30-15-18-14-29-23-9-5-4-8-22(18)23/h1-15,28-29H,16-17H2,(H,32,35)/b30-15-. The van der Waals surface area contributed by atoms with E-state index in [1.54, 1.807) is 6.21 Å². The lowest BCUT2D eigenvalue weighted by atomic mass is 10.2. The number of amides is 1. The van der Waals surface area contributed by atoms with Crippen molar-refractivity contribution in [1.82, 2.24) is 25.2 Å². The molecule has 0 bridgehead atoms. The summed E-state index contributed by atoms with van der Waals surface area (Å²) < 4.78 is 1.94. The van der Waals surface area contributed by atoms with Crippen LogP contribution >= 0.6 is 23.4 Å². The van der Waals surface area contributed by atoms with E-state index in [4.69, 9.17) is 11.6 Å². The van der Waals surface area contributed by atoms with Gasteiger partial charge in [0.25, 0.3) is 5.91 Å². The van der Waals surface area contributed by atoms with Crippen LogP contribution in [-0.2, 0) is 11.3 Å². The Labute approximate surface area is 216 Å². The summed E-state index contributed by atoms with van der Waals surface area (Å²) in [6.07, 6.45) is 3.49. The number of halogens is 1. The summed E-state index contributed by atoms with van der Waals surface area (Å²) in [7, 11) is 0. The van der Waals surface area contributed by atoms with Gasteiger partial charge in [0.15, 0.2) is 11.0 Å². The number of hydrazone groups is 1. The van der Waals surface area contributed by atoms with Crippen LogP contribution < -0.4 is 10.7 Å². The molecule has 8 nitrogen and oxygen atoms in total. The normalized spacial score (nSPS) is 11.2. The van der Waals surface area contributed by atoms with Crippen LogP contribution in [0.2, 0.25) is 5.02 Å². The molecule has 0 aliphatic heterocycles. The molecule has 0 atom stereocenters. The fourth-order valence-corrected chi connectivity index (χ4v) is 4.52. The van der Waals surface area contributed by atoms with E-state index in [1.165, 1.54) is 11.8 Å². The summed E-state index contributed by atoms with van der Waals surface area (Å²) in [6, 6.07) is 25.2. The highest BCUT2D eigenvalue weighted by Gasteiger charge is 2.16. The van der Waals surface area contributed by atoms with Gasteiger partial charge in [-0.3, -0.25) is 9.36 Å². The van der Waals surface area contributed by atoms with Gasteiger partial charge in [0, 0.05) is 39.1 Å². The van der Waals surface area contributed by atoms with E-state index < -0.39 is 0 Å². The fraction of sp³-hybridized carbons (Fsp3) is 0.0769. The number of H-pyrrole nitrogens is 1. The Balaban J connectivity index is 1.25. The van der Waals surface area contributed by atoms with E-state index in [1.807, 2.05) is 89.6 Å². The number of hydrogen-bond donors (Lipinski definition) is 3. The first kappa shape index (κ1) is 23.7. The van der Waals surface area contributed by atoms with Gasteiger partial charge in [-0.15, -0.1) is 10.2 Å². The smallest absolute Gasteiger partial charge is 0.250 e. The molecular formula is C26H22ClN7OS. The molecule has 0 saturated carbocycles. The molecule has 2 heterocycles. The maximum Gasteiger partial charge on any atom is 0.250 e. The first-order valence-electron chi connectivity index (χ1n) is 11.2. The Hall–Kier alpha value is -4.08. The second-order valence-corrected chi connectivity index (χ2v) is 9.18. The lowest BCUT2D eigenvalue weighted by molar-refractivity contribution is -0.118. The zero-order chi connectivity index (χ0) is 24.7. The number of thioether (sulfide) groups is 1. The maximum atomic E-state index is 12.5. The highest BCUT2D eigenvalue weighted by Crippen LogP contribution is 2.23. The van der Waals surface area contributed by atoms with Crippen molar-refractivity contribution in [2.24, 2.45) is 5.10 Å². The topological polar surface area (TPSA) is 100.0 Å². The molecular weight excluding hydrogens is 494 g/mol. The minimum Gasteiger partial charge on any atom is -0.378 e. The minimum atomic E-state index is -0.237. The SMILES string of the molecule is O=C(CSc1nnc(CNc2ccc(Cl)cc2)n1-c1ccccc1)N/N=C\c1c[nH]c2ccccc12. The number of aromatic amines is 1. The lowest BCUT2D eigenvalue weighted by Gasteiger charge is -2.11. The van der Waals surface area contributed by atoms with Crippen LogP contribution in [0.1, 0.15) is 11.4 Å². The van der Waals surface area contributed by atoms with Crippen LogP contribution in [0.5, 0.6) is 0 Å². The zero-order valence-corrected chi connectivity index (χ0v) is 20.6. The maximum absolute atomic E-state index is 12.5. The molecule has 10 heteroatoms. The van der Waals surface area contributed by atoms with Crippen molar-refractivity contribution in [3.05, 3.63) is 101 Å². The third kappa shape index (κ3) is 5.59. The Morgan fingerprint density at radius 2 is 1.81 bits per heavy atom. The molecule has 0 aliphatic carbocycles. The van der Waals surface area contributed by atoms with Gasteiger partial charge in [0.2, 0.25) is 0 Å². The molecule has 0 aliphatic rings. The molecule has 2 aromatic heterocycles. The molecule has 0 fully saturated rings. The molecule has 3 N–H and O–H groups in total. The first-order chi connectivity index (χ1) is 17.7. The Kier molecular flexibility index (Phi) is 7.30. The third-order valence-electron chi connectivity index (χ3n) is 5.36. The number of nitrogens with zero attached hydrogens (tertiary/aromatic N) is 4. The van der Waals surface area contributed by atoms with Gasteiger partial charge < -0.3 is 10.3 Å². The Morgan fingerprint density at radius 3 is 2.64 bits per heavy atom. The van der Waals surface area contributed by atoms with E-state index in [-0.39, 0.29) is 11.7 Å². The summed E-state index contributed by atoms with van der Waals surface area (Å²) in [5.41, 5.74) is 6.34. The second-order valence-electron chi connectivity index (χ2n) is 7.80. The average Bonchev–Trinajstić information content (AvgIpc) is 3.52. The number of carbonyl (C=O) groups is 1. The van der Waals surface area contributed by atoms with Crippen molar-refractivity contribution < 1.29 is 4.79 Å². The van der Waals surface area contributed by atoms with Crippen LogP contribution in [0.4, 0.5) is 5.69 Å². The zero-order valence-electron chi connectivity index (χ0n) is 19.1. The summed E-state index contributed by atoms with van der Waals surface area (Å²) in [4.78, 5) is 15.7. The van der Waals surface area contributed by atoms with Crippen LogP contribution in [0.15, 0.2) is 95.3 Å². The number of aromatic nitrogens is 4. The lowest BCUT2D eigenvalue weighted by Crippen LogP contribution is -2.20.